The van der Waals surface area contributed by atoms with Crippen molar-refractivity contribution in [3.63, 3.8) is 0 Å². The van der Waals surface area contributed by atoms with E-state index in [1.165, 1.54) is 30.5 Å². The highest BCUT2D eigenvalue weighted by atomic mass is 35.5. The topological polar surface area (TPSA) is 68.1 Å². The number of ketones is 1. The molecule has 6 rings (SSSR count). The molecule has 4 aromatic rings. The highest BCUT2D eigenvalue weighted by Gasteiger charge is 2.52. The van der Waals surface area contributed by atoms with Gasteiger partial charge in [0.15, 0.2) is 5.78 Å². The van der Waals surface area contributed by atoms with Crippen molar-refractivity contribution in [1.29, 1.82) is 0 Å². The minimum atomic E-state index is -4.75. The average Bonchev–Trinajstić information content (AvgIpc) is 3.40. The smallest absolute Gasteiger partial charge is 0.291 e. The molecule has 0 aliphatic heterocycles. The lowest BCUT2D eigenvalue weighted by molar-refractivity contribution is -0.140. The third-order valence-corrected chi connectivity index (χ3v) is 10.8. The summed E-state index contributed by atoms with van der Waals surface area (Å²) in [4.78, 5) is 18.6. The fraction of sp³-hybridized carbons (Fsp3) is 0.250. The van der Waals surface area contributed by atoms with Crippen molar-refractivity contribution >= 4 is 39.0 Å². The van der Waals surface area contributed by atoms with Crippen molar-refractivity contribution < 1.29 is 31.0 Å². The monoisotopic (exact) mass is 660 g/mol. The molecule has 1 saturated carbocycles. The molecule has 0 amide bonds. The van der Waals surface area contributed by atoms with Crippen LogP contribution in [0.25, 0.3) is 11.8 Å². The second kappa shape index (κ2) is 11.5. The van der Waals surface area contributed by atoms with Crippen LogP contribution in [0.15, 0.2) is 83.5 Å². The maximum atomic E-state index is 14.4. The summed E-state index contributed by atoms with van der Waals surface area (Å²) in [5.74, 6) is 2.22. The normalized spacial score (nSPS) is 21.0. The van der Waals surface area contributed by atoms with Gasteiger partial charge in [0, 0.05) is 22.2 Å². The van der Waals surface area contributed by atoms with E-state index in [2.05, 4.69) is 16.0 Å². The number of benzene rings is 2. The van der Waals surface area contributed by atoms with E-state index in [4.69, 9.17) is 11.6 Å². The summed E-state index contributed by atoms with van der Waals surface area (Å²) < 4.78 is 86.0. The van der Waals surface area contributed by atoms with Crippen LogP contribution < -0.4 is 0 Å². The summed E-state index contributed by atoms with van der Waals surface area (Å²) in [5.41, 5.74) is 1.23. The van der Waals surface area contributed by atoms with Crippen molar-refractivity contribution in [3.05, 3.63) is 112 Å². The first kappa shape index (κ1) is 31.1. The van der Waals surface area contributed by atoms with Gasteiger partial charge in [0.1, 0.15) is 23.9 Å². The van der Waals surface area contributed by atoms with Crippen LogP contribution in [0.4, 0.5) is 22.0 Å². The first-order valence-electron chi connectivity index (χ1n) is 13.9. The first-order chi connectivity index (χ1) is 21.3. The molecule has 2 aliphatic carbocycles. The predicted octanol–water partition coefficient (Wildman–Crippen LogP) is 7.12. The number of hydrogen-bond donors (Lipinski definition) is 0. The summed E-state index contributed by atoms with van der Waals surface area (Å²) in [5, 5.41) is 4.74. The third-order valence-electron chi connectivity index (χ3n) is 8.40. The Morgan fingerprint density at radius 1 is 1.09 bits per heavy atom. The van der Waals surface area contributed by atoms with E-state index in [0.717, 1.165) is 28.6 Å². The van der Waals surface area contributed by atoms with Gasteiger partial charge in [-0.3, -0.25) is 9.78 Å². The molecule has 0 spiro atoms. The van der Waals surface area contributed by atoms with Gasteiger partial charge in [-0.2, -0.15) is 18.3 Å². The molecule has 45 heavy (non-hydrogen) atoms. The number of halogens is 6. The molecule has 234 valence electrons. The highest BCUT2D eigenvalue weighted by molar-refractivity contribution is 7.98. The zero-order valence-electron chi connectivity index (χ0n) is 23.6. The van der Waals surface area contributed by atoms with E-state index in [9.17, 15) is 31.0 Å². The molecular weight excluding hydrogens is 635 g/mol. The molecule has 2 aromatic carbocycles. The SMILES string of the molecule is C=S(=O)(c1ccc(F)cc1)N(CC(F)(F)F)[C@H]1CCC2=Cc3c(cnn3-c3ccc(F)cc3)C[C@]2(C(=O)c2cc(Cl)ccn2)C1. The Bertz CT molecular complexity index is 1910. The van der Waals surface area contributed by atoms with E-state index in [1.807, 2.05) is 6.08 Å². The Balaban J connectivity index is 1.46. The Morgan fingerprint density at radius 2 is 1.76 bits per heavy atom. The van der Waals surface area contributed by atoms with Crippen molar-refractivity contribution in [2.24, 2.45) is 5.41 Å². The molecule has 0 bridgehead atoms. The van der Waals surface area contributed by atoms with E-state index >= 15 is 0 Å². The Labute approximate surface area is 261 Å². The van der Waals surface area contributed by atoms with Gasteiger partial charge in [0.25, 0.3) is 0 Å². The maximum Gasteiger partial charge on any atom is 0.402 e. The molecule has 0 saturated heterocycles. The molecule has 0 radical (unpaired) electrons. The summed E-state index contributed by atoms with van der Waals surface area (Å²) >= 11 is 6.20. The van der Waals surface area contributed by atoms with Crippen LogP contribution in [-0.2, 0) is 16.1 Å². The lowest BCUT2D eigenvalue weighted by atomic mass is 9.60. The molecule has 2 aromatic heterocycles. The van der Waals surface area contributed by atoms with Gasteiger partial charge in [-0.1, -0.05) is 17.2 Å². The predicted molar refractivity (Wildman–Crippen MR) is 162 cm³/mol. The number of pyridine rings is 1. The number of alkyl halides is 3. The largest absolute Gasteiger partial charge is 0.402 e. The molecule has 6 nitrogen and oxygen atoms in total. The molecule has 1 fully saturated rings. The minimum Gasteiger partial charge on any atom is -0.291 e. The minimum absolute atomic E-state index is 0.0414. The summed E-state index contributed by atoms with van der Waals surface area (Å²) in [6.45, 7) is -1.55. The summed E-state index contributed by atoms with van der Waals surface area (Å²) in [6.07, 6.45) is 0.286. The molecule has 0 N–H and O–H groups in total. The number of aromatic nitrogens is 3. The zero-order chi connectivity index (χ0) is 32.1. The lowest BCUT2D eigenvalue weighted by Crippen LogP contribution is -2.52. The average molecular weight is 661 g/mol. The Morgan fingerprint density at radius 3 is 2.40 bits per heavy atom. The van der Waals surface area contributed by atoms with E-state index in [1.54, 1.807) is 23.0 Å². The summed E-state index contributed by atoms with van der Waals surface area (Å²) in [6, 6.07) is 12.0. The number of carbonyl (C=O) groups excluding carboxylic acids is 1. The fourth-order valence-corrected chi connectivity index (χ4v) is 8.33. The van der Waals surface area contributed by atoms with Gasteiger partial charge < -0.3 is 0 Å². The van der Waals surface area contributed by atoms with E-state index < -0.39 is 51.3 Å². The third kappa shape index (κ3) is 5.94. The van der Waals surface area contributed by atoms with Crippen LogP contribution in [0.5, 0.6) is 0 Å². The fourth-order valence-electron chi connectivity index (χ4n) is 6.33. The van der Waals surface area contributed by atoms with Gasteiger partial charge in [-0.15, -0.1) is 0 Å². The van der Waals surface area contributed by atoms with Gasteiger partial charge in [-0.05, 0) is 104 Å². The molecular formula is C32H26ClF5N4O2S. The molecule has 3 atom stereocenters. The first-order valence-corrected chi connectivity index (χ1v) is 16.0. The molecule has 13 heteroatoms. The zero-order valence-corrected chi connectivity index (χ0v) is 25.2. The number of rotatable bonds is 7. The number of Topliss-reactive ketones (excluding diaryl/α,β-unsaturated/α-hetero) is 1. The van der Waals surface area contributed by atoms with Gasteiger partial charge in [-0.25, -0.2) is 22.0 Å². The van der Waals surface area contributed by atoms with Crippen molar-refractivity contribution in [2.75, 3.05) is 6.54 Å². The number of allylic oxidation sites excluding steroid dienone is 1. The summed E-state index contributed by atoms with van der Waals surface area (Å²) in [7, 11) is -3.78. The Kier molecular flexibility index (Phi) is 7.95. The standard InChI is InChI=1S/C32H26ClF5N4O2S/c1-45(44,27-10-5-24(35)6-11-27)41(19-32(36,37)38)26-7-2-21-14-29-20(18-40-42(29)25-8-3-23(34)4-9-25)16-31(21,17-26)30(43)28-15-22(33)12-13-39-28/h3-6,8-15,18,26H,1-2,7,16-17,19H2/t26-,31-,45?/m0/s1. The van der Waals surface area contributed by atoms with E-state index in [0.29, 0.717) is 22.5 Å². The van der Waals surface area contributed by atoms with Crippen LogP contribution >= 0.6 is 11.6 Å². The van der Waals surface area contributed by atoms with Crippen molar-refractivity contribution in [3.8, 4) is 5.69 Å². The quantitative estimate of drug-likeness (QED) is 0.120. The van der Waals surface area contributed by atoms with Crippen molar-refractivity contribution in [2.45, 2.75) is 42.8 Å². The second-order valence-electron chi connectivity index (χ2n) is 11.2. The second-order valence-corrected chi connectivity index (χ2v) is 13.9. The molecule has 2 aliphatic rings. The van der Waals surface area contributed by atoms with Crippen molar-refractivity contribution in [1.82, 2.24) is 19.1 Å². The Hall–Kier alpha value is -3.87. The van der Waals surface area contributed by atoms with Crippen LogP contribution in [0, 0.1) is 17.0 Å². The number of nitrogens with zero attached hydrogens (tertiary/aromatic N) is 4. The number of hydrogen-bond acceptors (Lipinski definition) is 4. The van der Waals surface area contributed by atoms with Crippen LogP contribution in [0.3, 0.4) is 0 Å². The van der Waals surface area contributed by atoms with Gasteiger partial charge >= 0.3 is 6.18 Å². The van der Waals surface area contributed by atoms with Crippen LogP contribution in [-0.4, -0.2) is 53.7 Å². The van der Waals surface area contributed by atoms with E-state index in [-0.39, 0.29) is 41.3 Å². The van der Waals surface area contributed by atoms with Gasteiger partial charge in [0.2, 0.25) is 0 Å². The lowest BCUT2D eigenvalue weighted by Gasteiger charge is -2.47. The molecule has 2 heterocycles. The highest BCUT2D eigenvalue weighted by Crippen LogP contribution is 2.51. The van der Waals surface area contributed by atoms with Gasteiger partial charge in [0.05, 0.1) is 32.7 Å². The van der Waals surface area contributed by atoms with Crippen LogP contribution in [0.2, 0.25) is 5.02 Å². The number of carbonyl (C=O) groups is 1. The number of fused-ring (bicyclic) bond motifs is 2. The van der Waals surface area contributed by atoms with Crippen LogP contribution in [0.1, 0.15) is 41.0 Å². The maximum absolute atomic E-state index is 14.4. The molecule has 1 unspecified atom stereocenters.